The van der Waals surface area contributed by atoms with Crippen molar-refractivity contribution < 1.29 is 5.11 Å². The van der Waals surface area contributed by atoms with Gasteiger partial charge in [-0.15, -0.1) is 0 Å². The minimum atomic E-state index is 0. The summed E-state index contributed by atoms with van der Waals surface area (Å²) in [6.07, 6.45) is 10.4. The number of aliphatic hydroxyl groups is 1. The molecule has 0 heterocycles. The Balaban J connectivity index is -0.0000000459. The Hall–Kier alpha value is 0.339. The minimum absolute atomic E-state index is 0. The van der Waals surface area contributed by atoms with E-state index in [-0.39, 0.29) is 23.9 Å². The molecule has 0 saturated carbocycles. The fourth-order valence-electron chi connectivity index (χ4n) is 0.204. The molecule has 0 aliphatic heterocycles. The average Bonchev–Trinajstić information content (AvgIpc) is 2.46. The number of unbranched alkanes of at least 4 members (excludes halogenated alkanes) is 3. The van der Waals surface area contributed by atoms with E-state index < -0.39 is 0 Å². The average molecular weight is 379 g/mol. The largest absolute Gasteiger partial charge is 0.513 e. The first-order valence-corrected chi connectivity index (χ1v) is 7.89. The van der Waals surface area contributed by atoms with Gasteiger partial charge in [0.2, 0.25) is 0 Å². The molecular formula is C17H40OSn. The van der Waals surface area contributed by atoms with Crippen LogP contribution >= 0.6 is 0 Å². The van der Waals surface area contributed by atoms with Crippen molar-refractivity contribution in [3.63, 3.8) is 0 Å². The summed E-state index contributed by atoms with van der Waals surface area (Å²) in [6, 6.07) is 0. The summed E-state index contributed by atoms with van der Waals surface area (Å²) in [5.74, 6) is 0.468. The van der Waals surface area contributed by atoms with E-state index in [1.165, 1.54) is 38.5 Å². The zero-order chi connectivity index (χ0) is 15.2. The molecule has 0 aromatic rings. The molecule has 118 valence electrons. The molecule has 0 atom stereocenters. The summed E-state index contributed by atoms with van der Waals surface area (Å²) in [4.78, 5) is 0. The molecule has 0 spiro atoms. The van der Waals surface area contributed by atoms with Gasteiger partial charge >= 0.3 is 0 Å². The van der Waals surface area contributed by atoms with Crippen LogP contribution in [0.15, 0.2) is 11.8 Å². The quantitative estimate of drug-likeness (QED) is 0.416. The maximum atomic E-state index is 8.53. The molecule has 0 fully saturated rings. The molecule has 1 nitrogen and oxygen atoms in total. The summed E-state index contributed by atoms with van der Waals surface area (Å²) in [7, 11) is 0. The molecule has 0 aromatic carbocycles. The van der Waals surface area contributed by atoms with Gasteiger partial charge in [-0.1, -0.05) is 87.0 Å². The van der Waals surface area contributed by atoms with Gasteiger partial charge in [-0.05, 0) is 13.0 Å². The molecule has 0 amide bonds. The molecule has 0 aliphatic carbocycles. The minimum Gasteiger partial charge on any atom is -0.513 e. The Bertz CT molecular complexity index is 107. The predicted molar refractivity (Wildman–Crippen MR) is 94.2 cm³/mol. The van der Waals surface area contributed by atoms with Crippen molar-refractivity contribution in [1.82, 2.24) is 0 Å². The van der Waals surface area contributed by atoms with Crippen LogP contribution in [0.25, 0.3) is 0 Å². The fraction of sp³-hybridized carbons (Fsp3) is 0.882. The number of rotatable bonds is 4. The van der Waals surface area contributed by atoms with Gasteiger partial charge in [0.15, 0.2) is 0 Å². The van der Waals surface area contributed by atoms with E-state index in [1.807, 2.05) is 13.8 Å². The van der Waals surface area contributed by atoms with Gasteiger partial charge < -0.3 is 5.11 Å². The fourth-order valence-corrected chi connectivity index (χ4v) is 0.204. The number of aliphatic hydroxyl groups excluding tert-OH is 1. The summed E-state index contributed by atoms with van der Waals surface area (Å²) in [5.41, 5.74) is 0. The van der Waals surface area contributed by atoms with Crippen LogP contribution in [0.3, 0.4) is 0 Å². The number of hydrogen-bond acceptors (Lipinski definition) is 1. The third-order valence-electron chi connectivity index (χ3n) is 2.20. The molecule has 1 N–H and O–H groups in total. The van der Waals surface area contributed by atoms with Gasteiger partial charge in [0.25, 0.3) is 0 Å². The van der Waals surface area contributed by atoms with Gasteiger partial charge in [0, 0.05) is 30.3 Å². The van der Waals surface area contributed by atoms with Crippen LogP contribution in [0.1, 0.15) is 100 Å². The van der Waals surface area contributed by atoms with Gasteiger partial charge in [-0.25, -0.2) is 0 Å². The summed E-state index contributed by atoms with van der Waals surface area (Å²) >= 11 is 0. The standard InChI is InChI=1S/C5H10O.3C4H10.Sn/c1-3-5(6)4-2;3*1-3-4-2;/h3,6H,4H2,1-2H3;3*3-4H2,1-2H3;/b5-3-;;;;. The van der Waals surface area contributed by atoms with E-state index >= 15 is 0 Å². The van der Waals surface area contributed by atoms with Gasteiger partial charge in [-0.2, -0.15) is 0 Å². The van der Waals surface area contributed by atoms with E-state index in [2.05, 4.69) is 41.5 Å². The molecule has 0 saturated heterocycles. The van der Waals surface area contributed by atoms with Crippen LogP contribution in [0.5, 0.6) is 0 Å². The molecule has 2 heteroatoms. The van der Waals surface area contributed by atoms with Crippen LogP contribution in [0.2, 0.25) is 0 Å². The SMILES string of the molecule is C/C=C(\O)CC.CCCC.CCCC.CCCC.[Sn]. The molecule has 0 aliphatic rings. The Morgan fingerprint density at radius 3 is 0.895 bits per heavy atom. The van der Waals surface area contributed by atoms with Crippen molar-refractivity contribution in [2.75, 3.05) is 0 Å². The molecule has 19 heavy (non-hydrogen) atoms. The predicted octanol–water partition coefficient (Wildman–Crippen LogP) is 6.90. The molecular weight excluding hydrogens is 339 g/mol. The molecule has 4 radical (unpaired) electrons. The van der Waals surface area contributed by atoms with Crippen molar-refractivity contribution in [3.8, 4) is 0 Å². The van der Waals surface area contributed by atoms with E-state index in [1.54, 1.807) is 6.08 Å². The van der Waals surface area contributed by atoms with E-state index in [4.69, 9.17) is 5.11 Å². The second-order valence-corrected chi connectivity index (χ2v) is 4.13. The molecule has 0 aromatic heterocycles. The van der Waals surface area contributed by atoms with Crippen molar-refractivity contribution >= 4 is 23.9 Å². The van der Waals surface area contributed by atoms with Crippen LogP contribution in [-0.2, 0) is 0 Å². The van der Waals surface area contributed by atoms with Gasteiger partial charge in [0.05, 0.1) is 5.76 Å². The topological polar surface area (TPSA) is 20.2 Å². The van der Waals surface area contributed by atoms with E-state index in [9.17, 15) is 0 Å². The normalized spacial score (nSPS) is 8.53. The second-order valence-electron chi connectivity index (χ2n) is 4.13. The Labute approximate surface area is 141 Å². The van der Waals surface area contributed by atoms with Crippen molar-refractivity contribution in [2.45, 2.75) is 100 Å². The van der Waals surface area contributed by atoms with Crippen LogP contribution in [0.4, 0.5) is 0 Å². The van der Waals surface area contributed by atoms with Crippen molar-refractivity contribution in [3.05, 3.63) is 11.8 Å². The van der Waals surface area contributed by atoms with Crippen LogP contribution < -0.4 is 0 Å². The third kappa shape index (κ3) is 90.9. The first-order chi connectivity index (χ1) is 8.55. The first-order valence-electron chi connectivity index (χ1n) is 7.89. The zero-order valence-corrected chi connectivity index (χ0v) is 17.8. The summed E-state index contributed by atoms with van der Waals surface area (Å²) in [5, 5.41) is 8.53. The summed E-state index contributed by atoms with van der Waals surface area (Å²) in [6.45, 7) is 16.8. The van der Waals surface area contributed by atoms with E-state index in [0.717, 1.165) is 6.42 Å². The Morgan fingerprint density at radius 2 is 0.895 bits per heavy atom. The van der Waals surface area contributed by atoms with Crippen molar-refractivity contribution in [1.29, 1.82) is 0 Å². The second kappa shape index (κ2) is 42.9. The summed E-state index contributed by atoms with van der Waals surface area (Å²) < 4.78 is 0. The Morgan fingerprint density at radius 1 is 0.684 bits per heavy atom. The number of hydrogen-bond donors (Lipinski definition) is 1. The number of allylic oxidation sites excluding steroid dienone is 2. The van der Waals surface area contributed by atoms with E-state index in [0.29, 0.717) is 5.76 Å². The van der Waals surface area contributed by atoms with Crippen LogP contribution in [-0.4, -0.2) is 29.0 Å². The smallest absolute Gasteiger partial charge is 0.0877 e. The molecule has 0 unspecified atom stereocenters. The van der Waals surface area contributed by atoms with Crippen molar-refractivity contribution in [2.24, 2.45) is 0 Å². The monoisotopic (exact) mass is 380 g/mol. The Kier molecular flexibility index (Phi) is 71.4. The maximum Gasteiger partial charge on any atom is 0.0877 e. The zero-order valence-electron chi connectivity index (χ0n) is 15.0. The van der Waals surface area contributed by atoms with Gasteiger partial charge in [-0.3, -0.25) is 0 Å². The maximum absolute atomic E-state index is 8.53. The third-order valence-corrected chi connectivity index (χ3v) is 2.20. The molecule has 0 rings (SSSR count). The molecule has 0 bridgehead atoms. The van der Waals surface area contributed by atoms with Gasteiger partial charge in [0.1, 0.15) is 0 Å². The first kappa shape index (κ1) is 31.6. The van der Waals surface area contributed by atoms with Crippen LogP contribution in [0, 0.1) is 0 Å².